The standard InChI is InChI=1S/C21H17Cl2N5O2/c22-18-7-3-15(9-19(18)23)21-16(10-26-30-21)4-8-20(29)27-17-5-1-14(2-6-17)11-28-13-24-12-25-28/h1-3,5-7,9-10,12-13H,4,8,11H2,(H,27,29). The minimum atomic E-state index is -0.0969. The highest BCUT2D eigenvalue weighted by Crippen LogP contribution is 2.30. The van der Waals surface area contributed by atoms with E-state index in [9.17, 15) is 4.79 Å². The fraction of sp³-hybridized carbons (Fsp3) is 0.143. The molecule has 4 rings (SSSR count). The van der Waals surface area contributed by atoms with Crippen LogP contribution in [0, 0.1) is 0 Å². The largest absolute Gasteiger partial charge is 0.356 e. The maximum absolute atomic E-state index is 12.4. The summed E-state index contributed by atoms with van der Waals surface area (Å²) in [6.45, 7) is 0.624. The molecule has 4 aromatic rings. The first-order chi connectivity index (χ1) is 14.6. The fourth-order valence-corrected chi connectivity index (χ4v) is 3.28. The van der Waals surface area contributed by atoms with Gasteiger partial charge in [0.2, 0.25) is 5.91 Å². The summed E-state index contributed by atoms with van der Waals surface area (Å²) in [6, 6.07) is 12.8. The number of benzene rings is 2. The van der Waals surface area contributed by atoms with Gasteiger partial charge in [-0.2, -0.15) is 5.10 Å². The van der Waals surface area contributed by atoms with E-state index in [-0.39, 0.29) is 12.3 Å². The van der Waals surface area contributed by atoms with Crippen molar-refractivity contribution in [3.63, 3.8) is 0 Å². The third-order valence-corrected chi connectivity index (χ3v) is 5.24. The zero-order valence-corrected chi connectivity index (χ0v) is 17.3. The number of nitrogens with one attached hydrogen (secondary N) is 1. The van der Waals surface area contributed by atoms with Crippen molar-refractivity contribution in [2.45, 2.75) is 19.4 Å². The highest BCUT2D eigenvalue weighted by molar-refractivity contribution is 6.42. The number of rotatable bonds is 7. The van der Waals surface area contributed by atoms with Crippen molar-refractivity contribution in [1.29, 1.82) is 0 Å². The Morgan fingerprint density at radius 1 is 1.10 bits per heavy atom. The molecule has 0 saturated carbocycles. The van der Waals surface area contributed by atoms with E-state index < -0.39 is 0 Å². The number of carbonyl (C=O) groups excluding carboxylic acids is 1. The Morgan fingerprint density at radius 3 is 2.67 bits per heavy atom. The lowest BCUT2D eigenvalue weighted by Gasteiger charge is -2.07. The molecule has 0 radical (unpaired) electrons. The van der Waals surface area contributed by atoms with E-state index in [1.54, 1.807) is 35.4 Å². The van der Waals surface area contributed by atoms with Crippen LogP contribution in [0.5, 0.6) is 0 Å². The van der Waals surface area contributed by atoms with Crippen LogP contribution in [-0.4, -0.2) is 25.8 Å². The molecule has 0 aliphatic carbocycles. The van der Waals surface area contributed by atoms with Gasteiger partial charge in [-0.3, -0.25) is 4.79 Å². The van der Waals surface area contributed by atoms with E-state index in [1.165, 1.54) is 6.33 Å². The molecule has 0 bridgehead atoms. The van der Waals surface area contributed by atoms with Crippen LogP contribution in [-0.2, 0) is 17.8 Å². The van der Waals surface area contributed by atoms with Gasteiger partial charge in [0.15, 0.2) is 5.76 Å². The monoisotopic (exact) mass is 441 g/mol. The van der Waals surface area contributed by atoms with Crippen molar-refractivity contribution < 1.29 is 9.32 Å². The fourth-order valence-electron chi connectivity index (χ4n) is 2.98. The predicted octanol–water partition coefficient (Wildman–Crippen LogP) is 4.86. The molecule has 0 saturated heterocycles. The molecule has 1 N–H and O–H groups in total. The van der Waals surface area contributed by atoms with Gasteiger partial charge in [0.05, 0.1) is 22.8 Å². The van der Waals surface area contributed by atoms with Crippen molar-refractivity contribution in [3.8, 4) is 11.3 Å². The van der Waals surface area contributed by atoms with Gasteiger partial charge in [-0.15, -0.1) is 0 Å². The average Bonchev–Trinajstić information content (AvgIpc) is 3.42. The number of aryl methyl sites for hydroxylation is 1. The zero-order chi connectivity index (χ0) is 20.9. The van der Waals surface area contributed by atoms with Crippen LogP contribution in [0.15, 0.2) is 65.8 Å². The third kappa shape index (κ3) is 4.87. The van der Waals surface area contributed by atoms with Crippen molar-refractivity contribution in [3.05, 3.63) is 82.5 Å². The number of hydrogen-bond donors (Lipinski definition) is 1. The Hall–Kier alpha value is -3.16. The summed E-state index contributed by atoms with van der Waals surface area (Å²) in [6.07, 6.45) is 5.54. The second-order valence-electron chi connectivity index (χ2n) is 6.65. The molecule has 9 heteroatoms. The smallest absolute Gasteiger partial charge is 0.224 e. The molecule has 2 aromatic carbocycles. The normalized spacial score (nSPS) is 10.9. The Labute approximate surface area is 182 Å². The summed E-state index contributed by atoms with van der Waals surface area (Å²) in [4.78, 5) is 16.3. The first kappa shape index (κ1) is 20.1. The summed E-state index contributed by atoms with van der Waals surface area (Å²) >= 11 is 12.1. The number of hydrogen-bond acceptors (Lipinski definition) is 5. The van der Waals surface area contributed by atoms with Crippen LogP contribution in [0.3, 0.4) is 0 Å². The maximum Gasteiger partial charge on any atom is 0.224 e. The molecule has 0 aliphatic rings. The molecule has 0 atom stereocenters. The van der Waals surface area contributed by atoms with Gasteiger partial charge in [-0.25, -0.2) is 9.67 Å². The zero-order valence-electron chi connectivity index (χ0n) is 15.8. The Morgan fingerprint density at radius 2 is 1.93 bits per heavy atom. The summed E-state index contributed by atoms with van der Waals surface area (Å²) < 4.78 is 7.09. The predicted molar refractivity (Wildman–Crippen MR) is 114 cm³/mol. The number of carbonyl (C=O) groups is 1. The van der Waals surface area contributed by atoms with E-state index in [2.05, 4.69) is 20.6 Å². The number of anilines is 1. The number of aromatic nitrogens is 4. The Kier molecular flexibility index (Phi) is 6.11. The number of halogens is 2. The molecule has 0 spiro atoms. The summed E-state index contributed by atoms with van der Waals surface area (Å²) in [5.41, 5.74) is 3.39. The van der Waals surface area contributed by atoms with Crippen LogP contribution < -0.4 is 5.32 Å². The molecule has 1 amide bonds. The SMILES string of the molecule is O=C(CCc1cnoc1-c1ccc(Cl)c(Cl)c1)Nc1ccc(Cn2cncn2)cc1. The van der Waals surface area contributed by atoms with Crippen molar-refractivity contribution in [2.75, 3.05) is 5.32 Å². The van der Waals surface area contributed by atoms with Crippen molar-refractivity contribution in [2.24, 2.45) is 0 Å². The van der Waals surface area contributed by atoms with Gasteiger partial charge in [0.25, 0.3) is 0 Å². The molecule has 7 nitrogen and oxygen atoms in total. The van der Waals surface area contributed by atoms with Crippen LogP contribution >= 0.6 is 23.2 Å². The molecule has 0 unspecified atom stereocenters. The third-order valence-electron chi connectivity index (χ3n) is 4.50. The topological polar surface area (TPSA) is 85.8 Å². The second-order valence-corrected chi connectivity index (χ2v) is 7.46. The molecule has 2 aromatic heterocycles. The number of nitrogens with zero attached hydrogens (tertiary/aromatic N) is 4. The van der Waals surface area contributed by atoms with E-state index in [0.717, 1.165) is 22.4 Å². The highest BCUT2D eigenvalue weighted by atomic mass is 35.5. The Bertz CT molecular complexity index is 1140. The van der Waals surface area contributed by atoms with E-state index in [0.29, 0.717) is 28.8 Å². The summed E-state index contributed by atoms with van der Waals surface area (Å²) in [5, 5.41) is 11.7. The highest BCUT2D eigenvalue weighted by Gasteiger charge is 2.14. The van der Waals surface area contributed by atoms with Crippen LogP contribution in [0.2, 0.25) is 10.0 Å². The van der Waals surface area contributed by atoms with Gasteiger partial charge < -0.3 is 9.84 Å². The van der Waals surface area contributed by atoms with Crippen LogP contribution in [0.4, 0.5) is 5.69 Å². The molecule has 152 valence electrons. The lowest BCUT2D eigenvalue weighted by Crippen LogP contribution is -2.12. The molecule has 2 heterocycles. The van der Waals surface area contributed by atoms with Gasteiger partial charge in [0, 0.05) is 23.2 Å². The minimum Gasteiger partial charge on any atom is -0.356 e. The van der Waals surface area contributed by atoms with Gasteiger partial charge >= 0.3 is 0 Å². The first-order valence-corrected chi connectivity index (χ1v) is 9.94. The van der Waals surface area contributed by atoms with Crippen molar-refractivity contribution in [1.82, 2.24) is 19.9 Å². The Balaban J connectivity index is 1.34. The molecular formula is C21H17Cl2N5O2. The van der Waals surface area contributed by atoms with Gasteiger partial charge in [-0.1, -0.05) is 40.5 Å². The van der Waals surface area contributed by atoms with Crippen LogP contribution in [0.1, 0.15) is 17.5 Å². The second kappa shape index (κ2) is 9.11. The lowest BCUT2D eigenvalue weighted by molar-refractivity contribution is -0.116. The lowest BCUT2D eigenvalue weighted by atomic mass is 10.1. The minimum absolute atomic E-state index is 0.0969. The molecule has 30 heavy (non-hydrogen) atoms. The summed E-state index contributed by atoms with van der Waals surface area (Å²) in [7, 11) is 0. The van der Waals surface area contributed by atoms with Gasteiger partial charge in [-0.05, 0) is 42.3 Å². The summed E-state index contributed by atoms with van der Waals surface area (Å²) in [5.74, 6) is 0.485. The van der Waals surface area contributed by atoms with E-state index in [1.807, 2.05) is 24.3 Å². The van der Waals surface area contributed by atoms with Gasteiger partial charge in [0.1, 0.15) is 12.7 Å². The van der Waals surface area contributed by atoms with E-state index >= 15 is 0 Å². The van der Waals surface area contributed by atoms with Crippen molar-refractivity contribution >= 4 is 34.8 Å². The number of amides is 1. The maximum atomic E-state index is 12.4. The quantitative estimate of drug-likeness (QED) is 0.442. The average molecular weight is 442 g/mol. The molecular weight excluding hydrogens is 425 g/mol. The molecule has 0 aliphatic heterocycles. The van der Waals surface area contributed by atoms with E-state index in [4.69, 9.17) is 27.7 Å². The molecule has 0 fully saturated rings. The first-order valence-electron chi connectivity index (χ1n) is 9.18. The van der Waals surface area contributed by atoms with Crippen LogP contribution in [0.25, 0.3) is 11.3 Å².